The first-order valence-electron chi connectivity index (χ1n) is 12.0. The quantitative estimate of drug-likeness (QED) is 0.479. The zero-order chi connectivity index (χ0) is 22.9. The first-order valence-corrected chi connectivity index (χ1v) is 12.0. The van der Waals surface area contributed by atoms with Crippen molar-refractivity contribution in [2.45, 2.75) is 39.4 Å². The van der Waals surface area contributed by atoms with Crippen molar-refractivity contribution in [2.24, 2.45) is 4.99 Å². The Hall–Kier alpha value is -2.90. The highest BCUT2D eigenvalue weighted by atomic mass is 16.5. The van der Waals surface area contributed by atoms with Gasteiger partial charge in [-0.15, -0.1) is 0 Å². The van der Waals surface area contributed by atoms with Crippen LogP contribution in [0.3, 0.4) is 0 Å². The Morgan fingerprint density at radius 2 is 1.79 bits per heavy atom. The molecule has 0 spiro atoms. The fourth-order valence-electron chi connectivity index (χ4n) is 4.26. The first-order chi connectivity index (χ1) is 16.2. The average Bonchev–Trinajstić information content (AvgIpc) is 3.28. The van der Waals surface area contributed by atoms with E-state index in [-0.39, 0.29) is 5.91 Å². The molecule has 2 aliphatic heterocycles. The number of nitrogens with one attached hydrogen (secondary N) is 2. The number of hydrogen-bond acceptors (Lipinski definition) is 4. The maximum absolute atomic E-state index is 11.9. The zero-order valence-electron chi connectivity index (χ0n) is 19.6. The van der Waals surface area contributed by atoms with Crippen molar-refractivity contribution in [1.29, 1.82) is 0 Å². The number of hydrogen-bond donors (Lipinski definition) is 2. The van der Waals surface area contributed by atoms with Crippen molar-refractivity contribution in [2.75, 3.05) is 44.3 Å². The van der Waals surface area contributed by atoms with Crippen LogP contribution < -0.4 is 15.5 Å². The van der Waals surface area contributed by atoms with E-state index in [0.29, 0.717) is 19.5 Å². The number of anilines is 1. The lowest BCUT2D eigenvalue weighted by molar-refractivity contribution is -0.117. The summed E-state index contributed by atoms with van der Waals surface area (Å²) in [6.07, 6.45) is 1.60. The fraction of sp³-hybridized carbons (Fsp3) is 0.462. The van der Waals surface area contributed by atoms with Gasteiger partial charge in [0, 0.05) is 51.4 Å². The van der Waals surface area contributed by atoms with Crippen LogP contribution in [0.5, 0.6) is 0 Å². The SMILES string of the molecule is CCNC(=NCc1cccc(CN2CCOCC2)c1)NCc1ccc(N2CCCC2=O)cc1. The van der Waals surface area contributed by atoms with Crippen molar-refractivity contribution < 1.29 is 9.53 Å². The second kappa shape index (κ2) is 11.8. The maximum Gasteiger partial charge on any atom is 0.227 e. The monoisotopic (exact) mass is 449 g/mol. The average molecular weight is 450 g/mol. The lowest BCUT2D eigenvalue weighted by atomic mass is 10.1. The molecule has 0 unspecified atom stereocenters. The van der Waals surface area contributed by atoms with Gasteiger partial charge < -0.3 is 20.3 Å². The lowest BCUT2D eigenvalue weighted by Gasteiger charge is -2.26. The summed E-state index contributed by atoms with van der Waals surface area (Å²) < 4.78 is 5.45. The van der Waals surface area contributed by atoms with Gasteiger partial charge in [-0.05, 0) is 42.2 Å². The summed E-state index contributed by atoms with van der Waals surface area (Å²) in [4.78, 5) is 21.0. The molecule has 0 bridgehead atoms. The van der Waals surface area contributed by atoms with E-state index in [4.69, 9.17) is 9.73 Å². The Morgan fingerprint density at radius 3 is 2.52 bits per heavy atom. The van der Waals surface area contributed by atoms with E-state index in [0.717, 1.165) is 69.6 Å². The largest absolute Gasteiger partial charge is 0.379 e. The van der Waals surface area contributed by atoms with E-state index in [1.165, 1.54) is 11.1 Å². The molecule has 2 N–H and O–H groups in total. The molecule has 2 aliphatic rings. The Labute approximate surface area is 196 Å². The van der Waals surface area contributed by atoms with Crippen molar-refractivity contribution in [3.05, 3.63) is 65.2 Å². The highest BCUT2D eigenvalue weighted by Crippen LogP contribution is 2.21. The molecule has 176 valence electrons. The Kier molecular flexibility index (Phi) is 8.33. The van der Waals surface area contributed by atoms with Gasteiger partial charge in [0.2, 0.25) is 5.91 Å². The van der Waals surface area contributed by atoms with Gasteiger partial charge in [-0.2, -0.15) is 0 Å². The molecule has 2 saturated heterocycles. The standard InChI is InChI=1S/C26H35N5O2/c1-2-27-26(28-18-21-8-10-24(11-9-21)31-12-4-7-25(31)32)29-19-22-5-3-6-23(17-22)20-30-13-15-33-16-14-30/h3,5-6,8-11,17H,2,4,7,12-16,18-20H2,1H3,(H2,27,28,29). The van der Waals surface area contributed by atoms with E-state index in [1.54, 1.807) is 0 Å². The van der Waals surface area contributed by atoms with E-state index in [2.05, 4.69) is 58.9 Å². The number of guanidine groups is 1. The van der Waals surface area contributed by atoms with E-state index in [9.17, 15) is 4.79 Å². The second-order valence-corrected chi connectivity index (χ2v) is 8.57. The van der Waals surface area contributed by atoms with Gasteiger partial charge in [-0.3, -0.25) is 9.69 Å². The second-order valence-electron chi connectivity index (χ2n) is 8.57. The molecule has 2 aromatic rings. The minimum Gasteiger partial charge on any atom is -0.379 e. The lowest BCUT2D eigenvalue weighted by Crippen LogP contribution is -2.36. The van der Waals surface area contributed by atoms with Crippen LogP contribution in [-0.2, 0) is 29.2 Å². The third kappa shape index (κ3) is 6.79. The minimum absolute atomic E-state index is 0.219. The zero-order valence-corrected chi connectivity index (χ0v) is 19.6. The van der Waals surface area contributed by atoms with Crippen LogP contribution in [-0.4, -0.2) is 56.2 Å². The summed E-state index contributed by atoms with van der Waals surface area (Å²) in [5, 5.41) is 6.75. The van der Waals surface area contributed by atoms with E-state index < -0.39 is 0 Å². The minimum atomic E-state index is 0.219. The number of rotatable bonds is 8. The van der Waals surface area contributed by atoms with Crippen molar-refractivity contribution >= 4 is 17.6 Å². The summed E-state index contributed by atoms with van der Waals surface area (Å²) in [5.41, 5.74) is 4.67. The number of carbonyl (C=O) groups excluding carboxylic acids is 1. The van der Waals surface area contributed by atoms with Gasteiger partial charge in [0.25, 0.3) is 0 Å². The number of carbonyl (C=O) groups is 1. The molecule has 1 amide bonds. The summed E-state index contributed by atoms with van der Waals surface area (Å²) in [6, 6.07) is 16.9. The van der Waals surface area contributed by atoms with Crippen molar-refractivity contribution in [1.82, 2.24) is 15.5 Å². The van der Waals surface area contributed by atoms with Gasteiger partial charge in [0.15, 0.2) is 5.96 Å². The third-order valence-electron chi connectivity index (χ3n) is 6.05. The maximum atomic E-state index is 11.9. The molecule has 0 aliphatic carbocycles. The molecular formula is C26H35N5O2. The highest BCUT2D eigenvalue weighted by Gasteiger charge is 2.21. The molecule has 0 saturated carbocycles. The Bertz CT molecular complexity index is 938. The summed E-state index contributed by atoms with van der Waals surface area (Å²) in [7, 11) is 0. The summed E-state index contributed by atoms with van der Waals surface area (Å²) in [6.45, 7) is 9.58. The van der Waals surface area contributed by atoms with Crippen LogP contribution in [0.4, 0.5) is 5.69 Å². The molecule has 0 atom stereocenters. The first kappa shape index (κ1) is 23.3. The van der Waals surface area contributed by atoms with E-state index >= 15 is 0 Å². The molecule has 4 rings (SSSR count). The van der Waals surface area contributed by atoms with Crippen LogP contribution >= 0.6 is 0 Å². The molecule has 0 aromatic heterocycles. The van der Waals surface area contributed by atoms with Gasteiger partial charge >= 0.3 is 0 Å². The predicted octanol–water partition coefficient (Wildman–Crippen LogP) is 2.90. The molecule has 0 radical (unpaired) electrons. The van der Waals surface area contributed by atoms with Crippen LogP contribution in [0.25, 0.3) is 0 Å². The number of ether oxygens (including phenoxy) is 1. The summed E-state index contributed by atoms with van der Waals surface area (Å²) in [5.74, 6) is 1.02. The van der Waals surface area contributed by atoms with Gasteiger partial charge in [-0.1, -0.05) is 36.4 Å². The molecular weight excluding hydrogens is 414 g/mol. The Balaban J connectivity index is 1.32. The molecule has 2 aromatic carbocycles. The number of morpholine rings is 1. The smallest absolute Gasteiger partial charge is 0.227 e. The molecule has 2 heterocycles. The molecule has 2 fully saturated rings. The van der Waals surface area contributed by atoms with Gasteiger partial charge in [-0.25, -0.2) is 4.99 Å². The number of amides is 1. The van der Waals surface area contributed by atoms with Crippen LogP contribution in [0.1, 0.15) is 36.5 Å². The highest BCUT2D eigenvalue weighted by molar-refractivity contribution is 5.95. The normalized spacial score (nSPS) is 17.4. The number of aliphatic imine (C=N–C) groups is 1. The van der Waals surface area contributed by atoms with Crippen LogP contribution in [0, 0.1) is 0 Å². The van der Waals surface area contributed by atoms with E-state index in [1.807, 2.05) is 17.0 Å². The molecule has 33 heavy (non-hydrogen) atoms. The summed E-state index contributed by atoms with van der Waals surface area (Å²) >= 11 is 0. The van der Waals surface area contributed by atoms with Crippen molar-refractivity contribution in [3.63, 3.8) is 0 Å². The molecule has 7 heteroatoms. The Morgan fingerprint density at radius 1 is 1.00 bits per heavy atom. The fourth-order valence-corrected chi connectivity index (χ4v) is 4.26. The van der Waals surface area contributed by atoms with Gasteiger partial charge in [0.1, 0.15) is 0 Å². The molecule has 7 nitrogen and oxygen atoms in total. The van der Waals surface area contributed by atoms with Crippen LogP contribution in [0.2, 0.25) is 0 Å². The van der Waals surface area contributed by atoms with Crippen LogP contribution in [0.15, 0.2) is 53.5 Å². The predicted molar refractivity (Wildman–Crippen MR) is 132 cm³/mol. The van der Waals surface area contributed by atoms with Gasteiger partial charge in [0.05, 0.1) is 19.8 Å². The number of nitrogens with zero attached hydrogens (tertiary/aromatic N) is 3. The third-order valence-corrected chi connectivity index (χ3v) is 6.05. The number of benzene rings is 2. The van der Waals surface area contributed by atoms with Crippen molar-refractivity contribution in [3.8, 4) is 0 Å². The topological polar surface area (TPSA) is 69.2 Å².